The van der Waals surface area contributed by atoms with Crippen LogP contribution >= 0.6 is 0 Å². The van der Waals surface area contributed by atoms with Crippen molar-refractivity contribution in [2.45, 2.75) is 38.8 Å². The van der Waals surface area contributed by atoms with Crippen LogP contribution in [0.4, 0.5) is 8.78 Å². The number of ether oxygens (including phenoxy) is 1. The Kier molecular flexibility index (Phi) is 3.24. The summed E-state index contributed by atoms with van der Waals surface area (Å²) >= 11 is 0. The maximum absolute atomic E-state index is 13.6. The lowest BCUT2D eigenvalue weighted by Gasteiger charge is -2.28. The van der Waals surface area contributed by atoms with E-state index in [1.54, 1.807) is 4.90 Å². The van der Waals surface area contributed by atoms with Crippen LogP contribution in [-0.4, -0.2) is 42.7 Å². The van der Waals surface area contributed by atoms with Crippen molar-refractivity contribution >= 4 is 0 Å². The van der Waals surface area contributed by atoms with Gasteiger partial charge in [0.25, 0.3) is 0 Å². The zero-order chi connectivity index (χ0) is 10.1. The molecule has 2 nitrogen and oxygen atoms in total. The number of rotatable bonds is 1. The molecule has 78 valence electrons. The van der Waals surface area contributed by atoms with Crippen molar-refractivity contribution in [3.8, 4) is 0 Å². The Morgan fingerprint density at radius 2 is 2.15 bits per heavy atom. The quantitative estimate of drug-likeness (QED) is 0.629. The largest absolute Gasteiger partial charge is 0.344 e. The van der Waals surface area contributed by atoms with Gasteiger partial charge in [-0.15, -0.1) is 0 Å². The molecule has 0 bridgehead atoms. The zero-order valence-electron chi connectivity index (χ0n) is 8.39. The monoisotopic (exact) mass is 193 g/mol. The topological polar surface area (TPSA) is 12.5 Å². The third kappa shape index (κ3) is 3.19. The molecule has 0 saturated carbocycles. The van der Waals surface area contributed by atoms with Crippen molar-refractivity contribution in [2.24, 2.45) is 0 Å². The Morgan fingerprint density at radius 3 is 2.69 bits per heavy atom. The van der Waals surface area contributed by atoms with Crippen molar-refractivity contribution in [2.75, 3.05) is 19.7 Å². The first-order chi connectivity index (χ1) is 5.91. The summed E-state index contributed by atoms with van der Waals surface area (Å²) in [6, 6.07) is 0.148. The van der Waals surface area contributed by atoms with Gasteiger partial charge in [-0.25, -0.2) is 8.78 Å². The third-order valence-corrected chi connectivity index (χ3v) is 2.21. The van der Waals surface area contributed by atoms with Crippen LogP contribution in [0.2, 0.25) is 0 Å². The maximum atomic E-state index is 13.6. The Labute approximate surface area is 77.9 Å². The molecular weight excluding hydrogens is 176 g/mol. The van der Waals surface area contributed by atoms with Gasteiger partial charge in [0.1, 0.15) is 5.67 Å². The van der Waals surface area contributed by atoms with Gasteiger partial charge in [0.05, 0.1) is 13.2 Å². The second-order valence-corrected chi connectivity index (χ2v) is 4.16. The minimum absolute atomic E-state index is 0.148. The number of alkyl halides is 2. The lowest BCUT2D eigenvalue weighted by molar-refractivity contribution is -0.0621. The van der Waals surface area contributed by atoms with Gasteiger partial charge in [0.2, 0.25) is 6.36 Å². The molecule has 1 fully saturated rings. The fourth-order valence-electron chi connectivity index (χ4n) is 1.43. The minimum atomic E-state index is -1.44. The molecule has 1 heterocycles. The maximum Gasteiger partial charge on any atom is 0.211 e. The first-order valence-corrected chi connectivity index (χ1v) is 4.59. The van der Waals surface area contributed by atoms with E-state index in [2.05, 4.69) is 0 Å². The number of hydrogen-bond acceptors (Lipinski definition) is 2. The molecule has 1 saturated heterocycles. The number of halogens is 2. The second kappa shape index (κ2) is 3.88. The Bertz CT molecular complexity index is 173. The average molecular weight is 193 g/mol. The molecule has 0 aliphatic carbocycles. The van der Waals surface area contributed by atoms with E-state index in [-0.39, 0.29) is 25.7 Å². The molecule has 1 aliphatic heterocycles. The smallest absolute Gasteiger partial charge is 0.211 e. The molecule has 4 heteroatoms. The second-order valence-electron chi connectivity index (χ2n) is 4.16. The Balaban J connectivity index is 2.63. The van der Waals surface area contributed by atoms with Crippen LogP contribution < -0.4 is 0 Å². The van der Waals surface area contributed by atoms with E-state index >= 15 is 0 Å². The highest BCUT2D eigenvalue weighted by Gasteiger charge is 2.34. The third-order valence-electron chi connectivity index (χ3n) is 2.21. The van der Waals surface area contributed by atoms with Gasteiger partial charge in [-0.05, 0) is 20.8 Å². The molecule has 0 amide bonds. The van der Waals surface area contributed by atoms with Crippen LogP contribution in [0.25, 0.3) is 0 Å². The molecule has 0 aromatic heterocycles. The van der Waals surface area contributed by atoms with Crippen LogP contribution in [0.1, 0.15) is 20.8 Å². The van der Waals surface area contributed by atoms with Crippen molar-refractivity contribution in [3.05, 3.63) is 0 Å². The van der Waals surface area contributed by atoms with E-state index in [0.29, 0.717) is 0 Å². The summed E-state index contributed by atoms with van der Waals surface area (Å²) in [5.41, 5.74) is -1.44. The van der Waals surface area contributed by atoms with E-state index in [4.69, 9.17) is 4.74 Å². The van der Waals surface area contributed by atoms with Gasteiger partial charge in [0.15, 0.2) is 0 Å². The lowest BCUT2D eigenvalue weighted by Crippen LogP contribution is -2.42. The predicted octanol–water partition coefficient (Wildman–Crippen LogP) is 1.75. The summed E-state index contributed by atoms with van der Waals surface area (Å²) in [6.07, 6.45) is -1.36. The summed E-state index contributed by atoms with van der Waals surface area (Å²) in [6.45, 7) is 5.54. The van der Waals surface area contributed by atoms with E-state index in [1.165, 1.54) is 6.92 Å². The average Bonchev–Trinajstić information content (AvgIpc) is 2.11. The number of nitrogens with zero attached hydrogens (tertiary/aromatic N) is 1. The highest BCUT2D eigenvalue weighted by molar-refractivity contribution is 4.82. The molecule has 0 aromatic carbocycles. The van der Waals surface area contributed by atoms with Gasteiger partial charge in [0, 0.05) is 12.6 Å². The van der Waals surface area contributed by atoms with Crippen molar-refractivity contribution in [1.29, 1.82) is 0 Å². The summed E-state index contributed by atoms with van der Waals surface area (Å²) in [7, 11) is 0. The van der Waals surface area contributed by atoms with Crippen molar-refractivity contribution in [3.63, 3.8) is 0 Å². The van der Waals surface area contributed by atoms with Crippen LogP contribution in [0.3, 0.4) is 0 Å². The van der Waals surface area contributed by atoms with Gasteiger partial charge >= 0.3 is 0 Å². The highest BCUT2D eigenvalue weighted by atomic mass is 19.2. The van der Waals surface area contributed by atoms with Gasteiger partial charge in [-0.1, -0.05) is 0 Å². The Morgan fingerprint density at radius 1 is 1.54 bits per heavy atom. The van der Waals surface area contributed by atoms with Gasteiger partial charge in [-0.2, -0.15) is 0 Å². The van der Waals surface area contributed by atoms with Crippen molar-refractivity contribution < 1.29 is 13.5 Å². The van der Waals surface area contributed by atoms with Crippen LogP contribution in [-0.2, 0) is 4.74 Å². The Hall–Kier alpha value is -0.220. The van der Waals surface area contributed by atoms with E-state index < -0.39 is 12.0 Å². The summed E-state index contributed by atoms with van der Waals surface area (Å²) in [4.78, 5) is 1.76. The van der Waals surface area contributed by atoms with Crippen LogP contribution in [0, 0.1) is 0 Å². The minimum Gasteiger partial charge on any atom is -0.344 e. The van der Waals surface area contributed by atoms with E-state index in [9.17, 15) is 8.78 Å². The first kappa shape index (κ1) is 10.9. The van der Waals surface area contributed by atoms with E-state index in [1.807, 2.05) is 13.8 Å². The van der Waals surface area contributed by atoms with Crippen LogP contribution in [0.5, 0.6) is 0 Å². The summed E-state index contributed by atoms with van der Waals surface area (Å²) in [5.74, 6) is 0. The zero-order valence-corrected chi connectivity index (χ0v) is 8.39. The van der Waals surface area contributed by atoms with Crippen LogP contribution in [0.15, 0.2) is 0 Å². The van der Waals surface area contributed by atoms with E-state index in [0.717, 1.165) is 0 Å². The molecule has 0 aromatic rings. The molecule has 0 unspecified atom stereocenters. The standard InChI is InChI=1S/C9H17F2NO/c1-7(2)12-4-8(10)13-6-9(3,11)5-12/h7-8H,4-6H2,1-3H3/t8-,9+/m1/s1. The molecule has 13 heavy (non-hydrogen) atoms. The fourth-order valence-corrected chi connectivity index (χ4v) is 1.43. The molecule has 1 aliphatic rings. The summed E-state index contributed by atoms with van der Waals surface area (Å²) in [5, 5.41) is 0. The van der Waals surface area contributed by atoms with Gasteiger partial charge < -0.3 is 4.74 Å². The number of hydrogen-bond donors (Lipinski definition) is 0. The molecular formula is C9H17F2NO. The lowest BCUT2D eigenvalue weighted by atomic mass is 10.1. The van der Waals surface area contributed by atoms with Crippen molar-refractivity contribution in [1.82, 2.24) is 4.90 Å². The highest BCUT2D eigenvalue weighted by Crippen LogP contribution is 2.20. The molecule has 1 rings (SSSR count). The molecule has 2 atom stereocenters. The summed E-state index contributed by atoms with van der Waals surface area (Å²) < 4.78 is 31.3. The van der Waals surface area contributed by atoms with Gasteiger partial charge in [-0.3, -0.25) is 4.90 Å². The molecule has 0 N–H and O–H groups in total. The fraction of sp³-hybridized carbons (Fsp3) is 1.00. The predicted molar refractivity (Wildman–Crippen MR) is 47.1 cm³/mol. The SMILES string of the molecule is CC(C)N1C[C@H](F)OC[C@@](C)(F)C1. The normalized spacial score (nSPS) is 37.8. The molecule has 0 spiro atoms. The molecule has 0 radical (unpaired) electrons. The first-order valence-electron chi connectivity index (χ1n) is 4.59.